The quantitative estimate of drug-likeness (QED) is 0.447. The minimum atomic E-state index is -0.705. The second-order valence-electron chi connectivity index (χ2n) is 6.22. The van der Waals surface area contributed by atoms with E-state index < -0.39 is 11.6 Å². The average Bonchev–Trinajstić information content (AvgIpc) is 3.19. The lowest BCUT2D eigenvalue weighted by Crippen LogP contribution is -2.53. The number of aryl methyl sites for hydroxylation is 1. The number of anilines is 1. The molecule has 1 saturated heterocycles. The van der Waals surface area contributed by atoms with Gasteiger partial charge in [-0.3, -0.25) is 4.99 Å². The van der Waals surface area contributed by atoms with Gasteiger partial charge >= 0.3 is 0 Å². The van der Waals surface area contributed by atoms with Crippen molar-refractivity contribution in [2.75, 3.05) is 51.3 Å². The predicted octanol–water partition coefficient (Wildman–Crippen LogP) is 2.16. The molecule has 1 fully saturated rings. The molecule has 1 aliphatic heterocycles. The Labute approximate surface area is 167 Å². The van der Waals surface area contributed by atoms with E-state index in [0.29, 0.717) is 6.54 Å². The van der Waals surface area contributed by atoms with Gasteiger partial charge in [-0.2, -0.15) is 4.37 Å². The monoisotopic (exact) mass is 410 g/mol. The summed E-state index contributed by atoms with van der Waals surface area (Å²) in [4.78, 5) is 13.3. The van der Waals surface area contributed by atoms with E-state index in [2.05, 4.69) is 29.5 Å². The molecule has 28 heavy (non-hydrogen) atoms. The number of piperazine rings is 1. The Balaban J connectivity index is 1.43. The van der Waals surface area contributed by atoms with Crippen LogP contribution in [0.25, 0.3) is 0 Å². The van der Waals surface area contributed by atoms with Gasteiger partial charge in [-0.1, -0.05) is 6.92 Å². The van der Waals surface area contributed by atoms with Crippen molar-refractivity contribution >= 4 is 22.6 Å². The number of rotatable bonds is 6. The first-order chi connectivity index (χ1) is 13.6. The van der Waals surface area contributed by atoms with E-state index in [-0.39, 0.29) is 12.4 Å². The molecule has 7 nitrogen and oxygen atoms in total. The largest absolute Gasteiger partial charge is 0.489 e. The molecule has 0 atom stereocenters. The smallest absolute Gasteiger partial charge is 0.205 e. The van der Waals surface area contributed by atoms with Crippen LogP contribution in [0.15, 0.2) is 23.2 Å². The highest BCUT2D eigenvalue weighted by atomic mass is 32.1. The summed E-state index contributed by atoms with van der Waals surface area (Å²) in [6, 6.07) is 3.27. The van der Waals surface area contributed by atoms with Gasteiger partial charge in [0.2, 0.25) is 5.13 Å². The van der Waals surface area contributed by atoms with Gasteiger partial charge in [0.1, 0.15) is 18.2 Å². The molecule has 3 rings (SSSR count). The maximum Gasteiger partial charge on any atom is 0.205 e. The fourth-order valence-corrected chi connectivity index (χ4v) is 3.68. The van der Waals surface area contributed by atoms with Gasteiger partial charge in [-0.05, 0) is 12.1 Å². The number of nitrogens with one attached hydrogen (secondary N) is 1. The lowest BCUT2D eigenvalue weighted by molar-refractivity contribution is 0.300. The lowest BCUT2D eigenvalue weighted by atomic mass is 10.3. The summed E-state index contributed by atoms with van der Waals surface area (Å²) in [6.07, 6.45) is 0.844. The number of benzene rings is 1. The number of halogens is 2. The number of hydrogen-bond donors (Lipinski definition) is 1. The molecule has 2 aromatic rings. The molecule has 0 aliphatic carbocycles. The average molecular weight is 410 g/mol. The summed E-state index contributed by atoms with van der Waals surface area (Å²) in [5.41, 5.74) is 0. The zero-order valence-corrected chi connectivity index (χ0v) is 16.8. The highest BCUT2D eigenvalue weighted by Crippen LogP contribution is 2.19. The van der Waals surface area contributed by atoms with Crippen molar-refractivity contribution in [1.82, 2.24) is 19.6 Å². The fraction of sp³-hybridized carbons (Fsp3) is 0.500. The third-order valence-corrected chi connectivity index (χ3v) is 5.19. The predicted molar refractivity (Wildman–Crippen MR) is 106 cm³/mol. The van der Waals surface area contributed by atoms with Gasteiger partial charge in [0.15, 0.2) is 17.5 Å². The number of guanidine groups is 1. The van der Waals surface area contributed by atoms with Crippen LogP contribution in [-0.4, -0.2) is 66.6 Å². The van der Waals surface area contributed by atoms with E-state index in [1.54, 1.807) is 7.05 Å². The van der Waals surface area contributed by atoms with Gasteiger partial charge in [0, 0.05) is 57.2 Å². The molecular weight excluding hydrogens is 386 g/mol. The van der Waals surface area contributed by atoms with Gasteiger partial charge in [-0.15, -0.1) is 0 Å². The Bertz CT molecular complexity index is 807. The number of aliphatic imine (C=N–C) groups is 1. The van der Waals surface area contributed by atoms with Gasteiger partial charge in [-0.25, -0.2) is 13.8 Å². The molecule has 1 N–H and O–H groups in total. The maximum absolute atomic E-state index is 13.6. The number of nitrogens with zero attached hydrogens (tertiary/aromatic N) is 5. The minimum absolute atomic E-state index is 0.0373. The van der Waals surface area contributed by atoms with E-state index in [1.165, 1.54) is 23.7 Å². The van der Waals surface area contributed by atoms with Crippen molar-refractivity contribution in [2.24, 2.45) is 4.99 Å². The Kier molecular flexibility index (Phi) is 6.96. The molecule has 1 aliphatic rings. The molecule has 1 aromatic carbocycles. The van der Waals surface area contributed by atoms with Crippen LogP contribution in [0.1, 0.15) is 12.7 Å². The first-order valence-corrected chi connectivity index (χ1v) is 9.99. The molecule has 10 heteroatoms. The SMILES string of the molecule is CCc1nsc(N2CCN(C(=NC)NCCOc3ccc(F)cc3F)CC2)n1. The highest BCUT2D eigenvalue weighted by molar-refractivity contribution is 7.09. The Morgan fingerprint density at radius 3 is 2.71 bits per heavy atom. The van der Waals surface area contributed by atoms with Crippen molar-refractivity contribution < 1.29 is 13.5 Å². The third-order valence-electron chi connectivity index (χ3n) is 4.37. The summed E-state index contributed by atoms with van der Waals surface area (Å²) < 4.78 is 36.2. The molecule has 0 spiro atoms. The highest BCUT2D eigenvalue weighted by Gasteiger charge is 2.21. The Morgan fingerprint density at radius 1 is 1.29 bits per heavy atom. The fourth-order valence-electron chi connectivity index (χ4n) is 2.87. The number of hydrogen-bond acceptors (Lipinski definition) is 6. The lowest BCUT2D eigenvalue weighted by Gasteiger charge is -2.36. The third kappa shape index (κ3) is 5.06. The second-order valence-corrected chi connectivity index (χ2v) is 6.95. The first-order valence-electron chi connectivity index (χ1n) is 9.21. The molecular formula is C18H24F2N6OS. The molecule has 0 unspecified atom stereocenters. The van der Waals surface area contributed by atoms with Gasteiger partial charge in [0.05, 0.1) is 6.54 Å². The van der Waals surface area contributed by atoms with Crippen LogP contribution in [0.4, 0.5) is 13.9 Å². The summed E-state index contributed by atoms with van der Waals surface area (Å²) in [7, 11) is 1.73. The summed E-state index contributed by atoms with van der Waals surface area (Å²) >= 11 is 1.44. The van der Waals surface area contributed by atoms with Crippen LogP contribution < -0.4 is 15.0 Å². The maximum atomic E-state index is 13.6. The summed E-state index contributed by atoms with van der Waals surface area (Å²) in [5.74, 6) is 0.368. The number of aromatic nitrogens is 2. The summed E-state index contributed by atoms with van der Waals surface area (Å²) in [5, 5.41) is 4.19. The van der Waals surface area contributed by atoms with Crippen molar-refractivity contribution in [2.45, 2.75) is 13.3 Å². The second kappa shape index (κ2) is 9.63. The Morgan fingerprint density at radius 2 is 2.07 bits per heavy atom. The molecule has 0 amide bonds. The van der Waals surface area contributed by atoms with E-state index >= 15 is 0 Å². The number of ether oxygens (including phenoxy) is 1. The van der Waals surface area contributed by atoms with Crippen molar-refractivity contribution in [3.8, 4) is 5.75 Å². The van der Waals surface area contributed by atoms with Crippen molar-refractivity contribution in [1.29, 1.82) is 0 Å². The van der Waals surface area contributed by atoms with E-state index in [1.807, 2.05) is 6.92 Å². The molecule has 1 aromatic heterocycles. The van der Waals surface area contributed by atoms with E-state index in [0.717, 1.165) is 55.6 Å². The summed E-state index contributed by atoms with van der Waals surface area (Å²) in [6.45, 7) is 6.06. The van der Waals surface area contributed by atoms with Gasteiger partial charge in [0.25, 0.3) is 0 Å². The van der Waals surface area contributed by atoms with Crippen molar-refractivity contribution in [3.05, 3.63) is 35.7 Å². The first kappa shape index (κ1) is 20.2. The molecule has 0 radical (unpaired) electrons. The minimum Gasteiger partial charge on any atom is -0.489 e. The Hall–Kier alpha value is -2.49. The van der Waals surface area contributed by atoms with Gasteiger partial charge < -0.3 is 19.9 Å². The van der Waals surface area contributed by atoms with E-state index in [4.69, 9.17) is 4.74 Å². The normalized spacial score (nSPS) is 15.1. The van der Waals surface area contributed by atoms with Crippen LogP contribution in [0.3, 0.4) is 0 Å². The molecule has 0 bridgehead atoms. The zero-order valence-electron chi connectivity index (χ0n) is 16.0. The van der Waals surface area contributed by atoms with E-state index in [9.17, 15) is 8.78 Å². The molecule has 2 heterocycles. The zero-order chi connectivity index (χ0) is 19.9. The van der Waals surface area contributed by atoms with Crippen LogP contribution in [0, 0.1) is 11.6 Å². The van der Waals surface area contributed by atoms with Crippen LogP contribution in [0.5, 0.6) is 5.75 Å². The van der Waals surface area contributed by atoms with Crippen molar-refractivity contribution in [3.63, 3.8) is 0 Å². The molecule has 0 saturated carbocycles. The standard InChI is InChI=1S/C18H24F2N6OS/c1-3-16-23-18(28-24-16)26-9-7-25(8-10-26)17(21-2)22-6-11-27-15-5-4-13(19)12-14(15)20/h4-5,12H,3,6-11H2,1-2H3,(H,21,22). The topological polar surface area (TPSA) is 65.9 Å². The van der Waals surface area contributed by atoms with Crippen LogP contribution >= 0.6 is 11.5 Å². The molecule has 152 valence electrons. The van der Waals surface area contributed by atoms with Crippen LogP contribution in [-0.2, 0) is 6.42 Å². The van der Waals surface area contributed by atoms with Crippen LogP contribution in [0.2, 0.25) is 0 Å².